The number of carbonyl (C=O) groups is 10. The van der Waals surface area contributed by atoms with Gasteiger partial charge in [-0.2, -0.15) is 0 Å². The molecule has 0 bridgehead atoms. The SMILES string of the molecule is COc1ccc(C(OC[C@H]2O[C@@H](OCCCNC(=O)CCCNC(=O)OCC(O)COC(=O)NCCCC(=O)NCCCO[C@@H]3O[C@H](COC(c4ccccc4)(c4ccc(OC)cc4)c4ccc(OC)cc4)[C@H](OC(C)=O)[C@H](OC(C)=O)[C@H]3NC(C)=O)[C@H](NC(C)=O)[C@@H](OC(C)=O)[C@H]2OC(C)=O)(c2ccccc2)c2ccc(OC)cc2)cc1. The van der Waals surface area contributed by atoms with Crippen LogP contribution >= 0.6 is 0 Å². The largest absolute Gasteiger partial charge is 0.497 e. The second-order valence-corrected chi connectivity index (χ2v) is 27.5. The third-order valence-electron chi connectivity index (χ3n) is 18.9. The van der Waals surface area contributed by atoms with Crippen LogP contribution < -0.4 is 50.8 Å². The lowest BCUT2D eigenvalue weighted by Gasteiger charge is -2.46. The third-order valence-corrected chi connectivity index (χ3v) is 18.9. The van der Waals surface area contributed by atoms with Gasteiger partial charge in [-0.05, 0) is 108 Å². The highest BCUT2D eigenvalue weighted by Crippen LogP contribution is 2.45. The summed E-state index contributed by atoms with van der Waals surface area (Å²) in [5.74, 6) is -2.39. The maximum absolute atomic E-state index is 12.9. The normalized spacial score (nSPS) is 19.2. The second kappa shape index (κ2) is 46.5. The predicted molar refractivity (Wildman–Crippen MR) is 422 cm³/mol. The van der Waals surface area contributed by atoms with Crippen molar-refractivity contribution in [3.63, 3.8) is 0 Å². The number of hydrogen-bond donors (Lipinski definition) is 7. The summed E-state index contributed by atoms with van der Waals surface area (Å²) < 4.78 is 95.5. The van der Waals surface area contributed by atoms with Gasteiger partial charge < -0.3 is 113 Å². The van der Waals surface area contributed by atoms with Crippen molar-refractivity contribution in [1.82, 2.24) is 31.9 Å². The van der Waals surface area contributed by atoms with Gasteiger partial charge in [0.05, 0.1) is 54.9 Å². The molecule has 2 saturated heterocycles. The quantitative estimate of drug-likeness (QED) is 0.00911. The van der Waals surface area contributed by atoms with E-state index >= 15 is 0 Å². The second-order valence-electron chi connectivity index (χ2n) is 27.5. The molecule has 0 saturated carbocycles. The fourth-order valence-electron chi connectivity index (χ4n) is 13.6. The zero-order valence-corrected chi connectivity index (χ0v) is 67.7. The molecule has 118 heavy (non-hydrogen) atoms. The number of carbonyl (C=O) groups excluding carboxylic acids is 10. The van der Waals surface area contributed by atoms with Crippen LogP contribution in [0.1, 0.15) is 113 Å². The summed E-state index contributed by atoms with van der Waals surface area (Å²) in [6, 6.07) is 45.7. The molecule has 0 radical (unpaired) electrons. The van der Waals surface area contributed by atoms with Crippen LogP contribution in [0.3, 0.4) is 0 Å². The maximum atomic E-state index is 12.9. The van der Waals surface area contributed by atoms with Crippen LogP contribution in [-0.4, -0.2) is 226 Å². The van der Waals surface area contributed by atoms with Gasteiger partial charge in [0.1, 0.15) is 77.8 Å². The van der Waals surface area contributed by atoms with Gasteiger partial charge >= 0.3 is 36.1 Å². The van der Waals surface area contributed by atoms with Crippen molar-refractivity contribution >= 4 is 59.7 Å². The van der Waals surface area contributed by atoms with Crippen molar-refractivity contribution in [3.05, 3.63) is 191 Å². The number of rotatable bonds is 44. The number of aliphatic hydroxyl groups excluding tert-OH is 1. The number of esters is 4. The molecule has 2 aliphatic rings. The number of benzene rings is 6. The summed E-state index contributed by atoms with van der Waals surface area (Å²) in [5.41, 5.74) is 1.42. The fraction of sp³-hybridized carbons (Fsp3) is 0.459. The molecule has 6 aromatic rings. The Balaban J connectivity index is 0.743. The molecular weight excluding hydrogens is 1540 g/mol. The molecular formula is C85H106N6O27. The van der Waals surface area contributed by atoms with E-state index in [1.807, 2.05) is 109 Å². The summed E-state index contributed by atoms with van der Waals surface area (Å²) in [4.78, 5) is 128. The van der Waals surface area contributed by atoms with Crippen LogP contribution in [0.25, 0.3) is 0 Å². The zero-order valence-electron chi connectivity index (χ0n) is 67.7. The number of aliphatic hydroxyl groups is 1. The number of alkyl carbamates (subject to hydrolysis) is 2. The topological polar surface area (TPSA) is 411 Å². The molecule has 638 valence electrons. The molecule has 0 unspecified atom stereocenters. The number of ether oxygens (including phenoxy) is 16. The van der Waals surface area contributed by atoms with E-state index < -0.39 is 140 Å². The van der Waals surface area contributed by atoms with E-state index in [4.69, 9.17) is 75.8 Å². The molecule has 2 fully saturated rings. The minimum absolute atomic E-state index is 0.00592. The summed E-state index contributed by atoms with van der Waals surface area (Å²) in [6.07, 6.45) is -12.8. The Morgan fingerprint density at radius 2 is 0.669 bits per heavy atom. The van der Waals surface area contributed by atoms with Crippen molar-refractivity contribution in [2.45, 2.75) is 159 Å². The zero-order chi connectivity index (χ0) is 85.2. The molecule has 0 spiro atoms. The maximum Gasteiger partial charge on any atom is 0.407 e. The van der Waals surface area contributed by atoms with E-state index in [1.54, 1.807) is 77.0 Å². The number of hydrogen-bond acceptors (Lipinski definition) is 27. The van der Waals surface area contributed by atoms with Crippen LogP contribution in [0.4, 0.5) is 9.59 Å². The first kappa shape index (κ1) is 92.1. The lowest BCUT2D eigenvalue weighted by Crippen LogP contribution is -2.66. The van der Waals surface area contributed by atoms with Crippen LogP contribution in [-0.2, 0) is 106 Å². The molecule has 33 heteroatoms. The molecule has 2 aliphatic heterocycles. The Bertz CT molecular complexity index is 3840. The Morgan fingerprint density at radius 3 is 0.958 bits per heavy atom. The predicted octanol–water partition coefficient (Wildman–Crippen LogP) is 6.64. The fourth-order valence-corrected chi connectivity index (χ4v) is 13.6. The molecule has 6 amide bonds. The van der Waals surface area contributed by atoms with E-state index in [-0.39, 0.29) is 103 Å². The van der Waals surface area contributed by atoms with Crippen molar-refractivity contribution < 1.29 is 129 Å². The van der Waals surface area contributed by atoms with E-state index in [2.05, 4.69) is 31.9 Å². The minimum atomic E-state index is -1.40. The summed E-state index contributed by atoms with van der Waals surface area (Å²) in [7, 11) is 6.22. The van der Waals surface area contributed by atoms with Crippen molar-refractivity contribution in [1.29, 1.82) is 0 Å². The smallest absolute Gasteiger partial charge is 0.407 e. The number of amides is 6. The van der Waals surface area contributed by atoms with E-state index in [1.165, 1.54) is 41.5 Å². The molecule has 0 aromatic heterocycles. The monoisotopic (exact) mass is 1640 g/mol. The number of nitrogens with one attached hydrogen (secondary N) is 6. The van der Waals surface area contributed by atoms with Gasteiger partial charge in [0.2, 0.25) is 23.6 Å². The third kappa shape index (κ3) is 26.8. The Morgan fingerprint density at radius 1 is 0.381 bits per heavy atom. The van der Waals surface area contributed by atoms with Crippen molar-refractivity contribution in [2.24, 2.45) is 0 Å². The molecule has 7 N–H and O–H groups in total. The van der Waals surface area contributed by atoms with Gasteiger partial charge in [-0.15, -0.1) is 0 Å². The van der Waals surface area contributed by atoms with Crippen LogP contribution in [0.2, 0.25) is 0 Å². The molecule has 2 heterocycles. The molecule has 8 rings (SSSR count). The van der Waals surface area contributed by atoms with Gasteiger partial charge in [-0.25, -0.2) is 9.59 Å². The van der Waals surface area contributed by atoms with Gasteiger partial charge in [0, 0.05) is 80.6 Å². The van der Waals surface area contributed by atoms with E-state index in [0.29, 0.717) is 56.4 Å². The van der Waals surface area contributed by atoms with E-state index in [0.717, 1.165) is 0 Å². The van der Waals surface area contributed by atoms with E-state index in [9.17, 15) is 53.1 Å². The molecule has 10 atom stereocenters. The van der Waals surface area contributed by atoms with Crippen LogP contribution in [0, 0.1) is 0 Å². The average Bonchev–Trinajstić information content (AvgIpc) is 0.752. The minimum Gasteiger partial charge on any atom is -0.497 e. The highest BCUT2D eigenvalue weighted by atomic mass is 16.7. The lowest BCUT2D eigenvalue weighted by atomic mass is 9.80. The van der Waals surface area contributed by atoms with Gasteiger partial charge in [-0.1, -0.05) is 109 Å². The first-order valence-corrected chi connectivity index (χ1v) is 38.6. The first-order valence-electron chi connectivity index (χ1n) is 38.6. The summed E-state index contributed by atoms with van der Waals surface area (Å²) in [6.45, 7) is 5.68. The lowest BCUT2D eigenvalue weighted by molar-refractivity contribution is -0.282. The van der Waals surface area contributed by atoms with Gasteiger partial charge in [0.25, 0.3) is 0 Å². The molecule has 6 aromatic carbocycles. The van der Waals surface area contributed by atoms with Gasteiger partial charge in [0.15, 0.2) is 37.0 Å². The Labute approximate surface area is 684 Å². The molecule has 0 aliphatic carbocycles. The highest BCUT2D eigenvalue weighted by Gasteiger charge is 2.54. The summed E-state index contributed by atoms with van der Waals surface area (Å²) >= 11 is 0. The van der Waals surface area contributed by atoms with Crippen LogP contribution in [0.15, 0.2) is 158 Å². The van der Waals surface area contributed by atoms with Gasteiger partial charge in [-0.3, -0.25) is 38.4 Å². The number of methoxy groups -OCH3 is 4. The van der Waals surface area contributed by atoms with Crippen molar-refractivity contribution in [2.75, 3.05) is 94.3 Å². The Hall–Kier alpha value is -11.5. The Kier molecular flexibility index (Phi) is 36.3. The van der Waals surface area contributed by atoms with Crippen molar-refractivity contribution in [3.8, 4) is 23.0 Å². The molecule has 33 nitrogen and oxygen atoms in total. The highest BCUT2D eigenvalue weighted by molar-refractivity contribution is 5.77. The first-order chi connectivity index (χ1) is 56.8. The average molecular weight is 1640 g/mol. The summed E-state index contributed by atoms with van der Waals surface area (Å²) in [5, 5.41) is 26.4. The van der Waals surface area contributed by atoms with Crippen LogP contribution in [0.5, 0.6) is 23.0 Å². The standard InChI is InChI=1S/C85H106N6O27/c1-53(92)90-74-78(115-57(5)96)76(113-55(3)94)70(51-111-84(59-21-13-11-14-22-59,61-27-35-66(103-7)36-28-61)62-29-37-67(104-8)38-30-62)117-80(74)107-47-19-45-86-72(99)25-17-43-88-82(101)109-49-65(98)50-110-83(102)89-44-18-26-73(100)87-46-20-48-108-81-75(91-54(2)93)79(116-58(6)97)77(114-56(4)95)71(118-81)52-112-85(60-23-15-12-16-24-60,63-31-39-68(105-9)40-32-63)64-33-41-69(106-10)42-34-64/h11-16,21-24,27-42,65,70-71,74-81,98H,17-20,25-26,43-52H2,1-10H3,(H,86,99)(H,87,100)(H,88,101)(H,89,102)(H,90,92)(H,91,93)/t70-,71-,74-,75-,76+,77+,78-,79-,80-,81-/m1/s1.